The SMILES string of the molecule is CN=C(NCCS(=O)(=O)NCc1ccccc1)NC1CC=CC1. The summed E-state index contributed by atoms with van der Waals surface area (Å²) in [4.78, 5) is 4.12. The van der Waals surface area contributed by atoms with E-state index in [0.29, 0.717) is 25.1 Å². The Balaban J connectivity index is 1.70. The van der Waals surface area contributed by atoms with E-state index in [1.807, 2.05) is 30.3 Å². The molecule has 126 valence electrons. The summed E-state index contributed by atoms with van der Waals surface area (Å²) >= 11 is 0. The van der Waals surface area contributed by atoms with E-state index in [0.717, 1.165) is 18.4 Å². The van der Waals surface area contributed by atoms with Crippen molar-refractivity contribution in [3.05, 3.63) is 48.0 Å². The second-order valence-electron chi connectivity index (χ2n) is 5.41. The highest BCUT2D eigenvalue weighted by Crippen LogP contribution is 2.08. The fraction of sp³-hybridized carbons (Fsp3) is 0.438. The monoisotopic (exact) mass is 336 g/mol. The first-order valence-electron chi connectivity index (χ1n) is 7.72. The van der Waals surface area contributed by atoms with Crippen molar-refractivity contribution in [1.29, 1.82) is 0 Å². The third kappa shape index (κ3) is 6.42. The third-order valence-electron chi connectivity index (χ3n) is 3.57. The van der Waals surface area contributed by atoms with Crippen molar-refractivity contribution in [2.45, 2.75) is 25.4 Å². The van der Waals surface area contributed by atoms with Crippen LogP contribution in [-0.2, 0) is 16.6 Å². The van der Waals surface area contributed by atoms with E-state index >= 15 is 0 Å². The van der Waals surface area contributed by atoms with Gasteiger partial charge >= 0.3 is 0 Å². The largest absolute Gasteiger partial charge is 0.355 e. The van der Waals surface area contributed by atoms with E-state index in [1.54, 1.807) is 7.05 Å². The Hall–Kier alpha value is -1.86. The van der Waals surface area contributed by atoms with Gasteiger partial charge in [-0.2, -0.15) is 0 Å². The minimum absolute atomic E-state index is 0.00342. The minimum Gasteiger partial charge on any atom is -0.355 e. The molecule has 0 heterocycles. The summed E-state index contributed by atoms with van der Waals surface area (Å²) in [5, 5.41) is 6.31. The van der Waals surface area contributed by atoms with Crippen LogP contribution in [-0.4, -0.2) is 39.8 Å². The van der Waals surface area contributed by atoms with Gasteiger partial charge in [0.15, 0.2) is 5.96 Å². The third-order valence-corrected chi connectivity index (χ3v) is 4.90. The number of nitrogens with one attached hydrogen (secondary N) is 3. The standard InChI is InChI=1S/C16H24N4O2S/c1-17-16(20-15-9-5-6-10-15)18-11-12-23(21,22)19-13-14-7-3-2-4-8-14/h2-8,15,19H,9-13H2,1H3,(H2,17,18,20). The zero-order valence-electron chi connectivity index (χ0n) is 13.3. The highest BCUT2D eigenvalue weighted by molar-refractivity contribution is 7.89. The van der Waals surface area contributed by atoms with Gasteiger partial charge in [0.1, 0.15) is 0 Å². The molecular weight excluding hydrogens is 312 g/mol. The van der Waals surface area contributed by atoms with Crippen LogP contribution in [0.2, 0.25) is 0 Å². The molecule has 23 heavy (non-hydrogen) atoms. The van der Waals surface area contributed by atoms with Crippen LogP contribution in [0.15, 0.2) is 47.5 Å². The first-order valence-corrected chi connectivity index (χ1v) is 9.38. The molecule has 0 bridgehead atoms. The highest BCUT2D eigenvalue weighted by atomic mass is 32.2. The quantitative estimate of drug-likeness (QED) is 0.394. The molecule has 0 amide bonds. The number of hydrogen-bond acceptors (Lipinski definition) is 3. The van der Waals surface area contributed by atoms with Crippen LogP contribution in [0, 0.1) is 0 Å². The maximum absolute atomic E-state index is 12.0. The number of hydrogen-bond donors (Lipinski definition) is 3. The molecule has 0 saturated heterocycles. The maximum atomic E-state index is 12.0. The summed E-state index contributed by atoms with van der Waals surface area (Å²) < 4.78 is 26.6. The molecule has 1 aromatic carbocycles. The van der Waals surface area contributed by atoms with Crippen LogP contribution in [0.1, 0.15) is 18.4 Å². The summed E-state index contributed by atoms with van der Waals surface area (Å²) in [7, 11) is -1.64. The lowest BCUT2D eigenvalue weighted by Crippen LogP contribution is -2.44. The second kappa shape index (κ2) is 8.69. The van der Waals surface area contributed by atoms with Crippen molar-refractivity contribution >= 4 is 16.0 Å². The van der Waals surface area contributed by atoms with E-state index in [4.69, 9.17) is 0 Å². The molecule has 0 aliphatic heterocycles. The first-order chi connectivity index (χ1) is 11.1. The number of rotatable bonds is 7. The molecule has 3 N–H and O–H groups in total. The van der Waals surface area contributed by atoms with Crippen molar-refractivity contribution in [3.8, 4) is 0 Å². The van der Waals surface area contributed by atoms with Crippen LogP contribution >= 0.6 is 0 Å². The van der Waals surface area contributed by atoms with E-state index < -0.39 is 10.0 Å². The van der Waals surface area contributed by atoms with Gasteiger partial charge in [-0.1, -0.05) is 42.5 Å². The van der Waals surface area contributed by atoms with Gasteiger partial charge in [0.05, 0.1) is 5.75 Å². The lowest BCUT2D eigenvalue weighted by Gasteiger charge is -2.17. The lowest BCUT2D eigenvalue weighted by atomic mass is 10.2. The molecule has 6 nitrogen and oxygen atoms in total. The fourth-order valence-electron chi connectivity index (χ4n) is 2.29. The molecule has 0 aromatic heterocycles. The van der Waals surface area contributed by atoms with Gasteiger partial charge in [-0.05, 0) is 18.4 Å². The molecule has 0 saturated carbocycles. The summed E-state index contributed by atoms with van der Waals surface area (Å²) in [5.74, 6) is 0.639. The van der Waals surface area contributed by atoms with Crippen LogP contribution in [0.3, 0.4) is 0 Å². The Kier molecular flexibility index (Phi) is 6.61. The Morgan fingerprint density at radius 2 is 1.91 bits per heavy atom. The smallest absolute Gasteiger partial charge is 0.213 e. The van der Waals surface area contributed by atoms with Crippen LogP contribution in [0.25, 0.3) is 0 Å². The van der Waals surface area contributed by atoms with Gasteiger partial charge in [0.2, 0.25) is 10.0 Å². The van der Waals surface area contributed by atoms with Crippen molar-refractivity contribution in [2.24, 2.45) is 4.99 Å². The van der Waals surface area contributed by atoms with E-state index in [-0.39, 0.29) is 5.75 Å². The molecule has 0 atom stereocenters. The zero-order chi connectivity index (χ0) is 16.5. The molecule has 1 aliphatic rings. The van der Waals surface area contributed by atoms with Gasteiger partial charge in [-0.25, -0.2) is 13.1 Å². The number of sulfonamides is 1. The van der Waals surface area contributed by atoms with Crippen molar-refractivity contribution in [3.63, 3.8) is 0 Å². The normalized spacial score (nSPS) is 15.8. The summed E-state index contributed by atoms with van der Waals surface area (Å²) in [5.41, 5.74) is 0.940. The van der Waals surface area contributed by atoms with Crippen LogP contribution in [0.5, 0.6) is 0 Å². The summed E-state index contributed by atoms with van der Waals surface area (Å²) in [6.45, 7) is 0.619. The van der Waals surface area contributed by atoms with Gasteiger partial charge in [-0.3, -0.25) is 4.99 Å². The molecule has 0 radical (unpaired) electrons. The molecule has 1 aromatic rings. The Bertz CT molecular complexity index is 633. The summed E-state index contributed by atoms with van der Waals surface area (Å²) in [6, 6.07) is 9.80. The van der Waals surface area contributed by atoms with Gasteiger partial charge in [0, 0.05) is 26.2 Å². The van der Waals surface area contributed by atoms with Crippen molar-refractivity contribution in [1.82, 2.24) is 15.4 Å². The number of nitrogens with zero attached hydrogens (tertiary/aromatic N) is 1. The van der Waals surface area contributed by atoms with E-state index in [9.17, 15) is 8.42 Å². The van der Waals surface area contributed by atoms with E-state index in [2.05, 4.69) is 32.5 Å². The topological polar surface area (TPSA) is 82.6 Å². The first kappa shape index (κ1) is 17.5. The highest BCUT2D eigenvalue weighted by Gasteiger charge is 2.13. The van der Waals surface area contributed by atoms with Crippen molar-refractivity contribution in [2.75, 3.05) is 19.3 Å². The number of guanidine groups is 1. The molecule has 2 rings (SSSR count). The average Bonchev–Trinajstić information content (AvgIpc) is 3.06. The van der Waals surface area contributed by atoms with Crippen LogP contribution < -0.4 is 15.4 Å². The molecule has 0 unspecified atom stereocenters. The predicted octanol–water partition coefficient (Wildman–Crippen LogP) is 0.990. The van der Waals surface area contributed by atoms with Crippen molar-refractivity contribution < 1.29 is 8.42 Å². The molecule has 7 heteroatoms. The molecule has 1 aliphatic carbocycles. The van der Waals surface area contributed by atoms with Gasteiger partial charge in [0.25, 0.3) is 0 Å². The lowest BCUT2D eigenvalue weighted by molar-refractivity contribution is 0.579. The molecule has 0 fully saturated rings. The van der Waals surface area contributed by atoms with Gasteiger partial charge in [-0.15, -0.1) is 0 Å². The fourth-order valence-corrected chi connectivity index (χ4v) is 3.19. The summed E-state index contributed by atoms with van der Waals surface area (Å²) in [6.07, 6.45) is 6.20. The Morgan fingerprint density at radius 3 is 2.57 bits per heavy atom. The van der Waals surface area contributed by atoms with E-state index in [1.165, 1.54) is 0 Å². The molecular formula is C16H24N4O2S. The minimum atomic E-state index is -3.32. The average molecular weight is 336 g/mol. The maximum Gasteiger partial charge on any atom is 0.213 e. The Labute approximate surface area is 138 Å². The Morgan fingerprint density at radius 1 is 1.22 bits per heavy atom. The van der Waals surface area contributed by atoms with Gasteiger partial charge < -0.3 is 10.6 Å². The van der Waals surface area contributed by atoms with Crippen LogP contribution in [0.4, 0.5) is 0 Å². The number of aliphatic imine (C=N–C) groups is 1. The molecule has 0 spiro atoms. The number of benzene rings is 1. The zero-order valence-corrected chi connectivity index (χ0v) is 14.1. The second-order valence-corrected chi connectivity index (χ2v) is 7.34. The predicted molar refractivity (Wildman–Crippen MR) is 93.7 cm³/mol.